The summed E-state index contributed by atoms with van der Waals surface area (Å²) in [6, 6.07) is -0.824. The fourth-order valence-corrected chi connectivity index (χ4v) is 4.97. The second-order valence-electron chi connectivity index (χ2n) is 11.9. The van der Waals surface area contributed by atoms with Crippen LogP contribution in [-0.2, 0) is 14.3 Å². The molecular formula is C37H63NO8. The smallest absolute Gasteiger partial charge is 0.220 e. The van der Waals surface area contributed by atoms with Gasteiger partial charge in [-0.1, -0.05) is 107 Å². The van der Waals surface area contributed by atoms with Gasteiger partial charge in [0.05, 0.1) is 25.4 Å². The van der Waals surface area contributed by atoms with Gasteiger partial charge in [0.25, 0.3) is 0 Å². The van der Waals surface area contributed by atoms with E-state index in [1.54, 1.807) is 6.08 Å². The lowest BCUT2D eigenvalue weighted by Crippen LogP contribution is -2.60. The third kappa shape index (κ3) is 19.5. The number of nitrogens with one attached hydrogen (secondary N) is 1. The first-order chi connectivity index (χ1) is 22.3. The zero-order valence-electron chi connectivity index (χ0n) is 28.3. The summed E-state index contributed by atoms with van der Waals surface area (Å²) in [5.41, 5.74) is 0. The molecule has 1 fully saturated rings. The van der Waals surface area contributed by atoms with Crippen molar-refractivity contribution in [1.82, 2.24) is 5.32 Å². The molecule has 0 saturated carbocycles. The highest BCUT2D eigenvalue weighted by atomic mass is 16.7. The first-order valence-electron chi connectivity index (χ1n) is 17.5. The van der Waals surface area contributed by atoms with E-state index in [0.29, 0.717) is 6.42 Å². The Kier molecular flexibility index (Phi) is 25.5. The predicted molar refractivity (Wildman–Crippen MR) is 184 cm³/mol. The van der Waals surface area contributed by atoms with Crippen molar-refractivity contribution >= 4 is 5.91 Å². The van der Waals surface area contributed by atoms with Crippen LogP contribution in [0.4, 0.5) is 0 Å². The van der Waals surface area contributed by atoms with E-state index in [1.165, 1.54) is 25.7 Å². The van der Waals surface area contributed by atoms with Crippen LogP contribution in [0.5, 0.6) is 0 Å². The van der Waals surface area contributed by atoms with Gasteiger partial charge in [-0.25, -0.2) is 0 Å². The highest BCUT2D eigenvalue weighted by molar-refractivity contribution is 5.76. The monoisotopic (exact) mass is 649 g/mol. The molecule has 0 aliphatic carbocycles. The van der Waals surface area contributed by atoms with Crippen molar-refractivity contribution < 1.29 is 39.8 Å². The van der Waals surface area contributed by atoms with Crippen molar-refractivity contribution in [3.05, 3.63) is 60.8 Å². The molecule has 0 radical (unpaired) electrons. The van der Waals surface area contributed by atoms with Gasteiger partial charge in [0.2, 0.25) is 5.91 Å². The third-order valence-corrected chi connectivity index (χ3v) is 7.85. The number of hydrogen-bond donors (Lipinski definition) is 6. The summed E-state index contributed by atoms with van der Waals surface area (Å²) in [6.45, 7) is 3.53. The number of aliphatic hydroxyl groups excluding tert-OH is 5. The van der Waals surface area contributed by atoms with Crippen LogP contribution in [0.25, 0.3) is 0 Å². The molecule has 1 aliphatic rings. The Morgan fingerprint density at radius 1 is 0.761 bits per heavy atom. The predicted octanol–water partition coefficient (Wildman–Crippen LogP) is 5.32. The van der Waals surface area contributed by atoms with Gasteiger partial charge in [0.15, 0.2) is 6.29 Å². The van der Waals surface area contributed by atoms with Crippen LogP contribution >= 0.6 is 0 Å². The molecule has 1 heterocycles. The fraction of sp³-hybridized carbons (Fsp3) is 0.703. The van der Waals surface area contributed by atoms with E-state index in [-0.39, 0.29) is 18.9 Å². The second-order valence-corrected chi connectivity index (χ2v) is 11.9. The number of ether oxygens (including phenoxy) is 2. The highest BCUT2D eigenvalue weighted by Crippen LogP contribution is 2.22. The number of hydrogen-bond acceptors (Lipinski definition) is 8. The SMILES string of the molecule is CC/C=C\C/C=C\C/C=C\C/C=C\CCCCC(=O)NC(COC1OC(CO)C(O)C(O)C1O)C(O)/C=C/CCCCCCCC. The van der Waals surface area contributed by atoms with Crippen LogP contribution in [0.3, 0.4) is 0 Å². The van der Waals surface area contributed by atoms with Gasteiger partial charge in [-0.05, 0) is 57.8 Å². The summed E-state index contributed by atoms with van der Waals surface area (Å²) in [7, 11) is 0. The second kappa shape index (κ2) is 28.0. The minimum atomic E-state index is -1.57. The van der Waals surface area contributed by atoms with E-state index in [2.05, 4.69) is 67.8 Å². The molecule has 0 spiro atoms. The number of amides is 1. The van der Waals surface area contributed by atoms with Gasteiger partial charge in [0.1, 0.15) is 24.4 Å². The molecule has 264 valence electrons. The quantitative estimate of drug-likeness (QED) is 0.0545. The molecule has 0 aromatic heterocycles. The third-order valence-electron chi connectivity index (χ3n) is 7.85. The molecule has 0 aromatic carbocycles. The van der Waals surface area contributed by atoms with Crippen LogP contribution in [0.1, 0.15) is 110 Å². The zero-order chi connectivity index (χ0) is 33.8. The average Bonchev–Trinajstić information content (AvgIpc) is 3.05. The summed E-state index contributed by atoms with van der Waals surface area (Å²) in [5, 5.41) is 53.6. The maximum atomic E-state index is 12.8. The van der Waals surface area contributed by atoms with Crippen molar-refractivity contribution in [3.8, 4) is 0 Å². The molecule has 7 atom stereocenters. The fourth-order valence-electron chi connectivity index (χ4n) is 4.97. The van der Waals surface area contributed by atoms with Gasteiger partial charge < -0.3 is 40.3 Å². The maximum Gasteiger partial charge on any atom is 0.220 e. The number of allylic oxidation sites excluding steroid dienone is 9. The Morgan fingerprint density at radius 2 is 1.35 bits per heavy atom. The molecule has 1 amide bonds. The van der Waals surface area contributed by atoms with Gasteiger partial charge in [0, 0.05) is 6.42 Å². The Bertz CT molecular complexity index is 900. The normalized spacial score (nSPS) is 23.8. The standard InChI is InChI=1S/C37H63NO8/c1-3-5-7-9-11-13-14-15-16-17-18-19-21-23-25-27-33(41)38-30(31(40)26-24-22-20-12-10-8-6-4-2)29-45-37-36(44)35(43)34(42)32(28-39)46-37/h5,7,11,13,15-16,18-19,24,26,30-32,34-37,39-40,42-44H,3-4,6,8-10,12,14,17,20-23,25,27-29H2,1-2H3,(H,38,41)/b7-5-,13-11-,16-15-,19-18-,26-24+. The maximum absolute atomic E-state index is 12.8. The number of carbonyl (C=O) groups excluding carboxylic acids is 1. The van der Waals surface area contributed by atoms with E-state index >= 15 is 0 Å². The topological polar surface area (TPSA) is 149 Å². The highest BCUT2D eigenvalue weighted by Gasteiger charge is 2.44. The molecule has 7 unspecified atom stereocenters. The van der Waals surface area contributed by atoms with Crippen molar-refractivity contribution in [2.45, 2.75) is 153 Å². The molecule has 1 aliphatic heterocycles. The van der Waals surface area contributed by atoms with Crippen molar-refractivity contribution in [1.29, 1.82) is 0 Å². The minimum absolute atomic E-state index is 0.209. The van der Waals surface area contributed by atoms with E-state index in [4.69, 9.17) is 9.47 Å². The molecular weight excluding hydrogens is 586 g/mol. The molecule has 1 rings (SSSR count). The van der Waals surface area contributed by atoms with E-state index in [1.807, 2.05) is 6.08 Å². The number of rotatable bonds is 26. The Balaban J connectivity index is 2.52. The Hall–Kier alpha value is -2.11. The van der Waals surface area contributed by atoms with Crippen LogP contribution < -0.4 is 5.32 Å². The zero-order valence-corrected chi connectivity index (χ0v) is 28.3. The summed E-state index contributed by atoms with van der Waals surface area (Å²) in [4.78, 5) is 12.8. The Labute approximate surface area is 277 Å². The first kappa shape index (κ1) is 41.9. The number of unbranched alkanes of at least 4 members (excludes halogenated alkanes) is 8. The lowest BCUT2D eigenvalue weighted by molar-refractivity contribution is -0.302. The number of carbonyl (C=O) groups is 1. The summed E-state index contributed by atoms with van der Waals surface area (Å²) in [5.74, 6) is -0.226. The molecule has 9 nitrogen and oxygen atoms in total. The lowest BCUT2D eigenvalue weighted by Gasteiger charge is -2.40. The minimum Gasteiger partial charge on any atom is -0.394 e. The molecule has 46 heavy (non-hydrogen) atoms. The van der Waals surface area contributed by atoms with Gasteiger partial charge >= 0.3 is 0 Å². The van der Waals surface area contributed by atoms with Crippen molar-refractivity contribution in [2.24, 2.45) is 0 Å². The van der Waals surface area contributed by atoms with Gasteiger partial charge in [-0.3, -0.25) is 4.79 Å². The molecule has 6 N–H and O–H groups in total. The molecule has 0 bridgehead atoms. The van der Waals surface area contributed by atoms with Crippen LogP contribution in [0.15, 0.2) is 60.8 Å². The average molecular weight is 650 g/mol. The van der Waals surface area contributed by atoms with Crippen molar-refractivity contribution in [2.75, 3.05) is 13.2 Å². The van der Waals surface area contributed by atoms with Crippen LogP contribution in [0, 0.1) is 0 Å². The lowest BCUT2D eigenvalue weighted by atomic mass is 9.99. The first-order valence-corrected chi connectivity index (χ1v) is 17.5. The van der Waals surface area contributed by atoms with E-state index in [9.17, 15) is 30.3 Å². The molecule has 0 aromatic rings. The van der Waals surface area contributed by atoms with Gasteiger partial charge in [-0.15, -0.1) is 0 Å². The summed E-state index contributed by atoms with van der Waals surface area (Å²) < 4.78 is 11.1. The van der Waals surface area contributed by atoms with Crippen LogP contribution in [-0.4, -0.2) is 87.5 Å². The number of aliphatic hydroxyl groups is 5. The molecule has 1 saturated heterocycles. The van der Waals surface area contributed by atoms with E-state index < -0.39 is 49.5 Å². The Morgan fingerprint density at radius 3 is 2.00 bits per heavy atom. The van der Waals surface area contributed by atoms with Crippen molar-refractivity contribution in [3.63, 3.8) is 0 Å². The van der Waals surface area contributed by atoms with Gasteiger partial charge in [-0.2, -0.15) is 0 Å². The largest absolute Gasteiger partial charge is 0.394 e. The molecule has 9 heteroatoms. The van der Waals surface area contributed by atoms with Crippen LogP contribution in [0.2, 0.25) is 0 Å². The van der Waals surface area contributed by atoms with E-state index in [0.717, 1.165) is 57.8 Å². The summed E-state index contributed by atoms with van der Waals surface area (Å²) in [6.07, 6.45) is 27.1. The summed E-state index contributed by atoms with van der Waals surface area (Å²) >= 11 is 0.